The molecule has 8 aromatic carbocycles. The molecule has 9 aromatic rings. The van der Waals surface area contributed by atoms with Gasteiger partial charge in [-0.05, 0) is 115 Å². The molecule has 0 aliphatic carbocycles. The molecule has 1 heterocycles. The number of hydrogen-bond donors (Lipinski definition) is 0. The van der Waals surface area contributed by atoms with Crippen LogP contribution in [0, 0.1) is 0 Å². The predicted molar refractivity (Wildman–Crippen MR) is 190 cm³/mol. The van der Waals surface area contributed by atoms with Crippen LogP contribution in [-0.2, 0) is 0 Å². The average molecular weight is 573 g/mol. The van der Waals surface area contributed by atoms with Crippen LogP contribution in [0.25, 0.3) is 88.0 Å². The summed E-state index contributed by atoms with van der Waals surface area (Å²) >= 11 is 0. The molecule has 0 N–H and O–H groups in total. The first-order chi connectivity index (χ1) is 22.3. The lowest BCUT2D eigenvalue weighted by atomic mass is 9.90. The summed E-state index contributed by atoms with van der Waals surface area (Å²) in [4.78, 5) is 0. The van der Waals surface area contributed by atoms with Gasteiger partial charge in [0.05, 0.1) is 0 Å². The molecule has 0 unspecified atom stereocenters. The molecule has 0 spiro atoms. The van der Waals surface area contributed by atoms with E-state index in [9.17, 15) is 0 Å². The average Bonchev–Trinajstić information content (AvgIpc) is 3.50. The van der Waals surface area contributed by atoms with Gasteiger partial charge in [0.15, 0.2) is 0 Å². The molecular weight excluding hydrogens is 544 g/mol. The van der Waals surface area contributed by atoms with Crippen molar-refractivity contribution >= 4 is 43.5 Å². The van der Waals surface area contributed by atoms with Gasteiger partial charge in [0.2, 0.25) is 0 Å². The van der Waals surface area contributed by atoms with E-state index >= 15 is 0 Å². The summed E-state index contributed by atoms with van der Waals surface area (Å²) in [5.74, 6) is 0. The predicted octanol–water partition coefficient (Wildman–Crippen LogP) is 12.6. The van der Waals surface area contributed by atoms with E-state index in [-0.39, 0.29) is 0 Å². The van der Waals surface area contributed by atoms with Crippen LogP contribution in [0.15, 0.2) is 174 Å². The van der Waals surface area contributed by atoms with E-state index < -0.39 is 0 Å². The van der Waals surface area contributed by atoms with E-state index in [0.717, 1.165) is 21.9 Å². The van der Waals surface area contributed by atoms with Gasteiger partial charge in [-0.2, -0.15) is 0 Å². The van der Waals surface area contributed by atoms with Crippen LogP contribution in [0.5, 0.6) is 0 Å². The van der Waals surface area contributed by atoms with E-state index in [4.69, 9.17) is 4.42 Å². The summed E-state index contributed by atoms with van der Waals surface area (Å²) in [5.41, 5.74) is 11.4. The summed E-state index contributed by atoms with van der Waals surface area (Å²) in [6.07, 6.45) is 0. The van der Waals surface area contributed by atoms with Gasteiger partial charge in [0, 0.05) is 10.8 Å². The van der Waals surface area contributed by atoms with Crippen molar-refractivity contribution in [3.8, 4) is 44.5 Å². The summed E-state index contributed by atoms with van der Waals surface area (Å²) < 4.78 is 6.28. The van der Waals surface area contributed by atoms with Crippen molar-refractivity contribution in [3.05, 3.63) is 170 Å². The highest BCUT2D eigenvalue weighted by atomic mass is 16.3. The van der Waals surface area contributed by atoms with Gasteiger partial charge in [0.25, 0.3) is 0 Å². The number of furan rings is 1. The molecule has 1 nitrogen and oxygen atoms in total. The lowest BCUT2D eigenvalue weighted by molar-refractivity contribution is 0.669. The SMILES string of the molecule is c1ccc(-c2ccc3cc(-c4cc(-c5ccc6ccccc6c5)cc(-c5cccc6oc7ccccc7c56)c4)ccc3c2)cc1. The van der Waals surface area contributed by atoms with Crippen LogP contribution in [-0.4, -0.2) is 0 Å². The summed E-state index contributed by atoms with van der Waals surface area (Å²) in [7, 11) is 0. The van der Waals surface area contributed by atoms with Crippen LogP contribution in [0.2, 0.25) is 0 Å². The molecule has 45 heavy (non-hydrogen) atoms. The molecule has 0 amide bonds. The second-order valence-corrected chi connectivity index (χ2v) is 11.8. The molecule has 0 saturated heterocycles. The van der Waals surface area contributed by atoms with Crippen molar-refractivity contribution in [3.63, 3.8) is 0 Å². The first-order valence-corrected chi connectivity index (χ1v) is 15.4. The van der Waals surface area contributed by atoms with Crippen molar-refractivity contribution < 1.29 is 4.42 Å². The summed E-state index contributed by atoms with van der Waals surface area (Å²) in [5, 5.41) is 7.25. The molecule has 1 aromatic heterocycles. The van der Waals surface area contributed by atoms with E-state index in [1.165, 1.54) is 66.1 Å². The standard InChI is InChI=1S/C44H28O/c1-2-9-29(10-3-1)32-19-20-34-25-36(22-21-33(34)24-32)38-26-37(35-18-17-30-11-4-5-12-31(30)23-35)27-39(28-38)40-14-8-16-43-44(40)41-13-6-7-15-42(41)45-43/h1-28H. The fraction of sp³-hybridized carbons (Fsp3) is 0. The Kier molecular flexibility index (Phi) is 5.89. The van der Waals surface area contributed by atoms with Crippen molar-refractivity contribution in [2.24, 2.45) is 0 Å². The van der Waals surface area contributed by atoms with Crippen molar-refractivity contribution in [2.45, 2.75) is 0 Å². The zero-order valence-corrected chi connectivity index (χ0v) is 24.6. The molecule has 210 valence electrons. The van der Waals surface area contributed by atoms with Crippen molar-refractivity contribution in [1.82, 2.24) is 0 Å². The van der Waals surface area contributed by atoms with Crippen LogP contribution in [0.1, 0.15) is 0 Å². The second kappa shape index (κ2) is 10.4. The molecule has 0 saturated carbocycles. The largest absolute Gasteiger partial charge is 0.456 e. The first-order valence-electron chi connectivity index (χ1n) is 15.4. The Morgan fingerprint density at radius 1 is 0.289 bits per heavy atom. The molecule has 9 rings (SSSR count). The third kappa shape index (κ3) is 4.49. The smallest absolute Gasteiger partial charge is 0.136 e. The normalized spacial score (nSPS) is 11.6. The minimum Gasteiger partial charge on any atom is -0.456 e. The maximum atomic E-state index is 6.28. The zero-order chi connectivity index (χ0) is 29.7. The highest BCUT2D eigenvalue weighted by molar-refractivity contribution is 6.12. The Bertz CT molecular complexity index is 2530. The minimum absolute atomic E-state index is 0.909. The molecule has 0 fully saturated rings. The summed E-state index contributed by atoms with van der Waals surface area (Å²) in [6.45, 7) is 0. The van der Waals surface area contributed by atoms with E-state index in [1.54, 1.807) is 0 Å². The molecule has 0 aliphatic rings. The Labute approximate surface area is 261 Å². The summed E-state index contributed by atoms with van der Waals surface area (Å²) in [6, 6.07) is 61.2. The van der Waals surface area contributed by atoms with Gasteiger partial charge in [-0.3, -0.25) is 0 Å². The second-order valence-electron chi connectivity index (χ2n) is 11.8. The maximum Gasteiger partial charge on any atom is 0.136 e. The van der Waals surface area contributed by atoms with E-state index in [0.29, 0.717) is 0 Å². The Morgan fingerprint density at radius 2 is 0.822 bits per heavy atom. The number of benzene rings is 8. The molecule has 0 atom stereocenters. The topological polar surface area (TPSA) is 13.1 Å². The van der Waals surface area contributed by atoms with Gasteiger partial charge >= 0.3 is 0 Å². The van der Waals surface area contributed by atoms with Gasteiger partial charge in [-0.1, -0.05) is 121 Å². The highest BCUT2D eigenvalue weighted by Crippen LogP contribution is 2.40. The van der Waals surface area contributed by atoms with Crippen LogP contribution in [0.4, 0.5) is 0 Å². The fourth-order valence-corrected chi connectivity index (χ4v) is 6.74. The van der Waals surface area contributed by atoms with Crippen molar-refractivity contribution in [1.29, 1.82) is 0 Å². The third-order valence-corrected chi connectivity index (χ3v) is 9.01. The minimum atomic E-state index is 0.909. The van der Waals surface area contributed by atoms with E-state index in [1.807, 2.05) is 12.1 Å². The zero-order valence-electron chi connectivity index (χ0n) is 24.6. The molecule has 0 radical (unpaired) electrons. The molecule has 0 aliphatic heterocycles. The highest BCUT2D eigenvalue weighted by Gasteiger charge is 2.15. The van der Waals surface area contributed by atoms with Crippen LogP contribution in [0.3, 0.4) is 0 Å². The van der Waals surface area contributed by atoms with Crippen LogP contribution >= 0.6 is 0 Å². The quantitative estimate of drug-likeness (QED) is 0.204. The number of hydrogen-bond acceptors (Lipinski definition) is 1. The molecule has 1 heteroatoms. The number of fused-ring (bicyclic) bond motifs is 5. The number of para-hydroxylation sites is 1. The molecule has 0 bridgehead atoms. The van der Waals surface area contributed by atoms with Gasteiger partial charge in [0.1, 0.15) is 11.2 Å². The maximum absolute atomic E-state index is 6.28. The Hall–Kier alpha value is -5.92. The van der Waals surface area contributed by atoms with Crippen LogP contribution < -0.4 is 0 Å². The van der Waals surface area contributed by atoms with Gasteiger partial charge in [-0.15, -0.1) is 0 Å². The Balaban J connectivity index is 1.25. The monoisotopic (exact) mass is 572 g/mol. The number of rotatable bonds is 4. The van der Waals surface area contributed by atoms with Crippen molar-refractivity contribution in [2.75, 3.05) is 0 Å². The lowest BCUT2D eigenvalue weighted by Gasteiger charge is -2.13. The first kappa shape index (κ1) is 25.6. The lowest BCUT2D eigenvalue weighted by Crippen LogP contribution is -1.88. The van der Waals surface area contributed by atoms with Gasteiger partial charge < -0.3 is 4.42 Å². The van der Waals surface area contributed by atoms with Gasteiger partial charge in [-0.25, -0.2) is 0 Å². The fourth-order valence-electron chi connectivity index (χ4n) is 6.74. The third-order valence-electron chi connectivity index (χ3n) is 9.01. The Morgan fingerprint density at radius 3 is 1.56 bits per heavy atom. The molecular formula is C44H28O. The van der Waals surface area contributed by atoms with E-state index in [2.05, 4.69) is 158 Å².